The molecule has 2 N–H and O–H groups in total. The van der Waals surface area contributed by atoms with Crippen LogP contribution in [-0.4, -0.2) is 28.3 Å². The molecule has 2 rings (SSSR count). The van der Waals surface area contributed by atoms with E-state index in [4.69, 9.17) is 14.8 Å². The lowest BCUT2D eigenvalue weighted by Gasteiger charge is -2.04. The number of hydrogen-bond donors (Lipinski definition) is 2. The lowest BCUT2D eigenvalue weighted by atomic mass is 9.82. The summed E-state index contributed by atoms with van der Waals surface area (Å²) in [7, 11) is -1.48. The van der Waals surface area contributed by atoms with E-state index in [9.17, 15) is 0 Å². The molecule has 13 heavy (non-hydrogen) atoms. The van der Waals surface area contributed by atoms with Crippen LogP contribution in [0.15, 0.2) is 18.5 Å². The molecule has 5 heteroatoms. The molecule has 0 radical (unpaired) electrons. The zero-order valence-electron chi connectivity index (χ0n) is 7.05. The molecule has 0 aliphatic heterocycles. The molecule has 1 saturated carbocycles. The minimum absolute atomic E-state index is 0.299. The second-order valence-corrected chi connectivity index (χ2v) is 3.14. The zero-order chi connectivity index (χ0) is 9.26. The zero-order valence-corrected chi connectivity index (χ0v) is 7.05. The van der Waals surface area contributed by atoms with Crippen LogP contribution in [0.4, 0.5) is 0 Å². The minimum Gasteiger partial charge on any atom is -0.489 e. The average Bonchev–Trinajstić information content (AvgIpc) is 2.89. The molecule has 1 aromatic heterocycles. The van der Waals surface area contributed by atoms with Gasteiger partial charge < -0.3 is 14.8 Å². The normalized spacial score (nSPS) is 15.5. The first kappa shape index (κ1) is 8.53. The molecule has 1 aliphatic carbocycles. The van der Waals surface area contributed by atoms with Gasteiger partial charge in [-0.15, -0.1) is 0 Å². The van der Waals surface area contributed by atoms with Crippen LogP contribution in [0.3, 0.4) is 0 Å². The average molecular weight is 179 g/mol. The molecule has 0 bridgehead atoms. The molecule has 1 aliphatic rings. The Bertz CT molecular complexity index is 301. The fraction of sp³-hybridized carbons (Fsp3) is 0.375. The molecule has 0 amide bonds. The summed E-state index contributed by atoms with van der Waals surface area (Å²) in [6.07, 6.45) is 5.43. The monoisotopic (exact) mass is 179 g/mol. The van der Waals surface area contributed by atoms with Crippen molar-refractivity contribution in [3.63, 3.8) is 0 Å². The van der Waals surface area contributed by atoms with E-state index in [0.29, 0.717) is 17.3 Å². The van der Waals surface area contributed by atoms with E-state index in [-0.39, 0.29) is 0 Å². The van der Waals surface area contributed by atoms with Crippen molar-refractivity contribution in [2.75, 3.05) is 0 Å². The van der Waals surface area contributed by atoms with E-state index in [1.54, 1.807) is 12.3 Å². The van der Waals surface area contributed by atoms with E-state index < -0.39 is 7.12 Å². The van der Waals surface area contributed by atoms with Crippen molar-refractivity contribution in [2.24, 2.45) is 0 Å². The van der Waals surface area contributed by atoms with Gasteiger partial charge in [0.2, 0.25) is 0 Å². The fourth-order valence-corrected chi connectivity index (χ4v) is 1.02. The van der Waals surface area contributed by atoms with Crippen molar-refractivity contribution in [2.45, 2.75) is 18.9 Å². The summed E-state index contributed by atoms with van der Waals surface area (Å²) in [5.74, 6) is 0.605. The predicted molar refractivity (Wildman–Crippen MR) is 47.7 cm³/mol. The van der Waals surface area contributed by atoms with Gasteiger partial charge in [0.25, 0.3) is 0 Å². The Morgan fingerprint density at radius 1 is 1.38 bits per heavy atom. The van der Waals surface area contributed by atoms with Crippen LogP contribution in [0.5, 0.6) is 5.75 Å². The first-order valence-corrected chi connectivity index (χ1v) is 4.23. The quantitative estimate of drug-likeness (QED) is 0.602. The van der Waals surface area contributed by atoms with Gasteiger partial charge in [0.15, 0.2) is 0 Å². The molecule has 0 aromatic carbocycles. The van der Waals surface area contributed by atoms with Crippen molar-refractivity contribution in [1.82, 2.24) is 4.98 Å². The SMILES string of the molecule is OB(O)c1cncc(OC2CC2)c1. The number of aromatic nitrogens is 1. The van der Waals surface area contributed by atoms with Crippen molar-refractivity contribution in [3.8, 4) is 5.75 Å². The van der Waals surface area contributed by atoms with Crippen LogP contribution < -0.4 is 10.2 Å². The summed E-state index contributed by atoms with van der Waals surface area (Å²) in [4.78, 5) is 3.84. The summed E-state index contributed by atoms with van der Waals surface area (Å²) in [6, 6.07) is 1.59. The molecule has 68 valence electrons. The maximum Gasteiger partial charge on any atom is 0.490 e. The maximum atomic E-state index is 8.86. The smallest absolute Gasteiger partial charge is 0.489 e. The standard InChI is InChI=1S/C8H10BNO3/c11-9(12)6-3-8(5-10-4-6)13-7-1-2-7/h3-5,7,11-12H,1-2H2. The summed E-state index contributed by atoms with van der Waals surface area (Å²) in [5.41, 5.74) is 0.359. The molecule has 1 aromatic rings. The summed E-state index contributed by atoms with van der Waals surface area (Å²) in [5, 5.41) is 17.7. The Kier molecular flexibility index (Phi) is 2.20. The maximum absolute atomic E-state index is 8.86. The molecule has 0 saturated heterocycles. The van der Waals surface area contributed by atoms with Crippen molar-refractivity contribution in [3.05, 3.63) is 18.5 Å². The molecule has 0 spiro atoms. The molecule has 4 nitrogen and oxygen atoms in total. The number of pyridine rings is 1. The summed E-state index contributed by atoms with van der Waals surface area (Å²) in [6.45, 7) is 0. The third kappa shape index (κ3) is 2.20. The molecule has 1 heterocycles. The molecular formula is C8H10BNO3. The second-order valence-electron chi connectivity index (χ2n) is 3.14. The molecule has 0 atom stereocenters. The lowest BCUT2D eigenvalue weighted by Crippen LogP contribution is -2.30. The largest absolute Gasteiger partial charge is 0.490 e. The third-order valence-corrected chi connectivity index (χ3v) is 1.86. The van der Waals surface area contributed by atoms with Crippen LogP contribution in [0, 0.1) is 0 Å². The van der Waals surface area contributed by atoms with Gasteiger partial charge in [-0.1, -0.05) is 0 Å². The van der Waals surface area contributed by atoms with E-state index in [1.807, 2.05) is 0 Å². The number of ether oxygens (including phenoxy) is 1. The van der Waals surface area contributed by atoms with Crippen LogP contribution in [0.25, 0.3) is 0 Å². The number of hydrogen-bond acceptors (Lipinski definition) is 4. The third-order valence-electron chi connectivity index (χ3n) is 1.86. The van der Waals surface area contributed by atoms with Gasteiger partial charge in [0, 0.05) is 11.7 Å². The highest BCUT2D eigenvalue weighted by molar-refractivity contribution is 6.58. The Morgan fingerprint density at radius 3 is 2.77 bits per heavy atom. The Labute approximate surface area is 76.3 Å². The van der Waals surface area contributed by atoms with Gasteiger partial charge in [-0.25, -0.2) is 0 Å². The van der Waals surface area contributed by atoms with Crippen molar-refractivity contribution < 1.29 is 14.8 Å². The van der Waals surface area contributed by atoms with E-state index >= 15 is 0 Å². The molecule has 0 unspecified atom stereocenters. The van der Waals surface area contributed by atoms with Gasteiger partial charge in [0.05, 0.1) is 12.3 Å². The van der Waals surface area contributed by atoms with Crippen LogP contribution in [-0.2, 0) is 0 Å². The first-order chi connectivity index (χ1) is 6.25. The highest BCUT2D eigenvalue weighted by atomic mass is 16.5. The van der Waals surface area contributed by atoms with Gasteiger partial charge in [-0.05, 0) is 18.9 Å². The van der Waals surface area contributed by atoms with Gasteiger partial charge in [-0.3, -0.25) is 4.98 Å². The second kappa shape index (κ2) is 3.36. The highest BCUT2D eigenvalue weighted by Crippen LogP contribution is 2.25. The Morgan fingerprint density at radius 2 is 2.15 bits per heavy atom. The molecule has 1 fully saturated rings. The highest BCUT2D eigenvalue weighted by Gasteiger charge is 2.24. The Balaban J connectivity index is 2.11. The predicted octanol–water partition coefficient (Wildman–Crippen LogP) is -0.697. The molecular weight excluding hydrogens is 169 g/mol. The van der Waals surface area contributed by atoms with E-state index in [2.05, 4.69) is 4.98 Å². The first-order valence-electron chi connectivity index (χ1n) is 4.23. The van der Waals surface area contributed by atoms with Crippen LogP contribution >= 0.6 is 0 Å². The van der Waals surface area contributed by atoms with Gasteiger partial charge in [-0.2, -0.15) is 0 Å². The Hall–Kier alpha value is -1.07. The lowest BCUT2D eigenvalue weighted by molar-refractivity contribution is 0.302. The van der Waals surface area contributed by atoms with Crippen molar-refractivity contribution >= 4 is 12.6 Å². The number of rotatable bonds is 3. The van der Waals surface area contributed by atoms with E-state index in [0.717, 1.165) is 12.8 Å². The van der Waals surface area contributed by atoms with Crippen LogP contribution in [0.2, 0.25) is 0 Å². The van der Waals surface area contributed by atoms with Crippen LogP contribution in [0.1, 0.15) is 12.8 Å². The summed E-state index contributed by atoms with van der Waals surface area (Å²) >= 11 is 0. The van der Waals surface area contributed by atoms with E-state index in [1.165, 1.54) is 6.20 Å². The van der Waals surface area contributed by atoms with Crippen molar-refractivity contribution in [1.29, 1.82) is 0 Å². The summed E-state index contributed by atoms with van der Waals surface area (Å²) < 4.78 is 5.43. The number of nitrogens with zero attached hydrogens (tertiary/aromatic N) is 1. The topological polar surface area (TPSA) is 62.6 Å². The minimum atomic E-state index is -1.48. The van der Waals surface area contributed by atoms with Gasteiger partial charge >= 0.3 is 7.12 Å². The van der Waals surface area contributed by atoms with Gasteiger partial charge in [0.1, 0.15) is 5.75 Å². The fourth-order valence-electron chi connectivity index (χ4n) is 1.02.